The van der Waals surface area contributed by atoms with Crippen LogP contribution in [-0.2, 0) is 19.6 Å². The van der Waals surface area contributed by atoms with E-state index in [1.165, 1.54) is 13.1 Å². The lowest BCUT2D eigenvalue weighted by atomic mass is 10.2. The number of nitrogens with zero attached hydrogens (tertiary/aromatic N) is 1. The molecule has 0 aliphatic heterocycles. The minimum atomic E-state index is -3.82. The molecule has 0 radical (unpaired) electrons. The normalized spacial score (nSPS) is 10.9. The number of likely N-dealkylation sites (N-methyl/N-ethyl adjacent to an activating group) is 1. The molecule has 7 heteroatoms. The van der Waals surface area contributed by atoms with Crippen molar-refractivity contribution in [2.24, 2.45) is 5.73 Å². The number of benzene rings is 1. The lowest BCUT2D eigenvalue weighted by Crippen LogP contribution is -2.33. The summed E-state index contributed by atoms with van der Waals surface area (Å²) < 4.78 is 30.6. The Hall–Kier alpha value is -1.88. The average Bonchev–Trinajstić information content (AvgIpc) is 2.45. The summed E-state index contributed by atoms with van der Waals surface area (Å²) in [7, 11) is -2.51. The van der Waals surface area contributed by atoms with Gasteiger partial charge in [0.15, 0.2) is 0 Å². The first-order valence-electron chi connectivity index (χ1n) is 6.33. The second-order valence-electron chi connectivity index (χ2n) is 4.07. The van der Waals surface area contributed by atoms with Crippen molar-refractivity contribution in [3.8, 4) is 11.8 Å². The van der Waals surface area contributed by atoms with Crippen LogP contribution in [-0.4, -0.2) is 45.4 Å². The number of rotatable bonds is 5. The number of hydrogen-bond donors (Lipinski definition) is 1. The van der Waals surface area contributed by atoms with Crippen LogP contribution in [0.2, 0.25) is 0 Å². The molecule has 21 heavy (non-hydrogen) atoms. The minimum absolute atomic E-state index is 0.0396. The Morgan fingerprint density at radius 3 is 2.67 bits per heavy atom. The highest BCUT2D eigenvalue weighted by Gasteiger charge is 2.25. The monoisotopic (exact) mass is 310 g/mol. The van der Waals surface area contributed by atoms with Crippen LogP contribution in [0.5, 0.6) is 0 Å². The first-order valence-corrected chi connectivity index (χ1v) is 7.77. The van der Waals surface area contributed by atoms with Gasteiger partial charge in [0, 0.05) is 12.6 Å². The van der Waals surface area contributed by atoms with E-state index in [-0.39, 0.29) is 24.6 Å². The zero-order valence-corrected chi connectivity index (χ0v) is 12.8. The second-order valence-corrected chi connectivity index (χ2v) is 6.08. The maximum atomic E-state index is 12.5. The standard InChI is InChI=1S/C14H18N2O4S/c1-3-20-14(17)11-16(2)21(18,19)13-9-5-4-7-12(13)8-6-10-15/h4-5,7,9H,3,10-11,15H2,1-2H3. The topological polar surface area (TPSA) is 89.7 Å². The van der Waals surface area contributed by atoms with Gasteiger partial charge >= 0.3 is 5.97 Å². The molecule has 0 unspecified atom stereocenters. The van der Waals surface area contributed by atoms with Gasteiger partial charge < -0.3 is 10.5 Å². The number of ether oxygens (including phenoxy) is 1. The first-order chi connectivity index (χ1) is 9.93. The van der Waals surface area contributed by atoms with Crippen LogP contribution in [0.3, 0.4) is 0 Å². The first kappa shape index (κ1) is 17.2. The van der Waals surface area contributed by atoms with Gasteiger partial charge in [-0.2, -0.15) is 4.31 Å². The number of sulfonamides is 1. The van der Waals surface area contributed by atoms with Crippen molar-refractivity contribution in [2.45, 2.75) is 11.8 Å². The highest BCUT2D eigenvalue weighted by molar-refractivity contribution is 7.89. The summed E-state index contributed by atoms with van der Waals surface area (Å²) in [5.41, 5.74) is 5.65. The zero-order chi connectivity index (χ0) is 15.9. The molecule has 0 bridgehead atoms. The van der Waals surface area contributed by atoms with E-state index in [1.54, 1.807) is 25.1 Å². The van der Waals surface area contributed by atoms with Gasteiger partial charge in [-0.3, -0.25) is 4.79 Å². The maximum Gasteiger partial charge on any atom is 0.321 e. The molecular weight excluding hydrogens is 292 g/mol. The Bertz CT molecular complexity index is 659. The predicted octanol–water partition coefficient (Wildman–Crippen LogP) is 0.180. The molecule has 0 atom stereocenters. The molecule has 1 rings (SSSR count). The summed E-state index contributed by atoms with van der Waals surface area (Å²) in [5, 5.41) is 0. The smallest absolute Gasteiger partial charge is 0.321 e. The summed E-state index contributed by atoms with van der Waals surface area (Å²) in [6, 6.07) is 6.31. The van der Waals surface area contributed by atoms with E-state index in [4.69, 9.17) is 10.5 Å². The van der Waals surface area contributed by atoms with Crippen LogP contribution in [0.1, 0.15) is 12.5 Å². The van der Waals surface area contributed by atoms with Crippen molar-refractivity contribution in [3.63, 3.8) is 0 Å². The van der Waals surface area contributed by atoms with E-state index in [2.05, 4.69) is 11.8 Å². The van der Waals surface area contributed by atoms with Crippen LogP contribution in [0.15, 0.2) is 29.2 Å². The van der Waals surface area contributed by atoms with Crippen molar-refractivity contribution in [1.29, 1.82) is 0 Å². The zero-order valence-electron chi connectivity index (χ0n) is 12.0. The molecule has 0 aliphatic carbocycles. The van der Waals surface area contributed by atoms with Crippen LogP contribution >= 0.6 is 0 Å². The third-order valence-corrected chi connectivity index (χ3v) is 4.42. The number of carbonyl (C=O) groups is 1. The van der Waals surface area contributed by atoms with Gasteiger partial charge in [-0.25, -0.2) is 8.42 Å². The predicted molar refractivity (Wildman–Crippen MR) is 78.8 cm³/mol. The van der Waals surface area contributed by atoms with Gasteiger partial charge in [-0.15, -0.1) is 0 Å². The van der Waals surface area contributed by atoms with Crippen LogP contribution in [0.25, 0.3) is 0 Å². The lowest BCUT2D eigenvalue weighted by Gasteiger charge is -2.17. The number of hydrogen-bond acceptors (Lipinski definition) is 5. The molecule has 1 aromatic rings. The van der Waals surface area contributed by atoms with Gasteiger partial charge in [0.2, 0.25) is 10.0 Å². The van der Waals surface area contributed by atoms with Crippen molar-refractivity contribution in [1.82, 2.24) is 4.31 Å². The Kier molecular flexibility index (Phi) is 6.37. The Morgan fingerprint density at radius 1 is 1.38 bits per heavy atom. The molecule has 0 heterocycles. The molecule has 1 aromatic carbocycles. The molecule has 0 aliphatic rings. The van der Waals surface area contributed by atoms with E-state index in [0.29, 0.717) is 5.56 Å². The fraction of sp³-hybridized carbons (Fsp3) is 0.357. The van der Waals surface area contributed by atoms with E-state index in [1.807, 2.05) is 0 Å². The molecule has 0 fully saturated rings. The van der Waals surface area contributed by atoms with E-state index in [0.717, 1.165) is 4.31 Å². The highest BCUT2D eigenvalue weighted by atomic mass is 32.2. The van der Waals surface area contributed by atoms with Gasteiger partial charge in [-0.05, 0) is 19.1 Å². The SMILES string of the molecule is CCOC(=O)CN(C)S(=O)(=O)c1ccccc1C#CCN. The fourth-order valence-electron chi connectivity index (χ4n) is 1.58. The largest absolute Gasteiger partial charge is 0.465 e. The van der Waals surface area contributed by atoms with Crippen molar-refractivity contribution >= 4 is 16.0 Å². The second kappa shape index (κ2) is 7.78. The molecule has 0 spiro atoms. The Labute approximate surface area is 124 Å². The van der Waals surface area contributed by atoms with Crippen molar-refractivity contribution in [3.05, 3.63) is 29.8 Å². The quantitative estimate of drug-likeness (QED) is 0.619. The molecule has 2 N–H and O–H groups in total. The van der Waals surface area contributed by atoms with E-state index < -0.39 is 16.0 Å². The van der Waals surface area contributed by atoms with Crippen molar-refractivity contribution in [2.75, 3.05) is 26.7 Å². The van der Waals surface area contributed by atoms with Gasteiger partial charge in [0.05, 0.1) is 18.0 Å². The van der Waals surface area contributed by atoms with Crippen LogP contribution in [0.4, 0.5) is 0 Å². The molecule has 0 aromatic heterocycles. The van der Waals surface area contributed by atoms with Crippen LogP contribution in [0, 0.1) is 11.8 Å². The fourth-order valence-corrected chi connectivity index (χ4v) is 2.84. The Morgan fingerprint density at radius 2 is 2.05 bits per heavy atom. The van der Waals surface area contributed by atoms with E-state index in [9.17, 15) is 13.2 Å². The lowest BCUT2D eigenvalue weighted by molar-refractivity contribution is -0.143. The van der Waals surface area contributed by atoms with Gasteiger partial charge in [-0.1, -0.05) is 24.0 Å². The number of esters is 1. The minimum Gasteiger partial charge on any atom is -0.465 e. The molecule has 6 nitrogen and oxygen atoms in total. The Balaban J connectivity index is 3.10. The molecule has 0 saturated heterocycles. The molecule has 114 valence electrons. The van der Waals surface area contributed by atoms with Gasteiger partial charge in [0.25, 0.3) is 0 Å². The number of carbonyl (C=O) groups excluding carboxylic acids is 1. The molecular formula is C14H18N2O4S. The third kappa shape index (κ3) is 4.56. The van der Waals surface area contributed by atoms with Gasteiger partial charge in [0.1, 0.15) is 6.54 Å². The highest BCUT2D eigenvalue weighted by Crippen LogP contribution is 2.18. The molecule has 0 saturated carbocycles. The molecule has 0 amide bonds. The summed E-state index contributed by atoms with van der Waals surface area (Å²) in [4.78, 5) is 11.5. The maximum absolute atomic E-state index is 12.5. The summed E-state index contributed by atoms with van der Waals surface area (Å²) in [6.07, 6.45) is 0. The van der Waals surface area contributed by atoms with Crippen molar-refractivity contribution < 1.29 is 17.9 Å². The summed E-state index contributed by atoms with van der Waals surface area (Å²) >= 11 is 0. The van der Waals surface area contributed by atoms with Crippen LogP contribution < -0.4 is 5.73 Å². The number of nitrogens with two attached hydrogens (primary N) is 1. The summed E-state index contributed by atoms with van der Waals surface area (Å²) in [5.74, 6) is 4.73. The summed E-state index contributed by atoms with van der Waals surface area (Å²) in [6.45, 7) is 1.64. The third-order valence-electron chi connectivity index (χ3n) is 2.56. The van der Waals surface area contributed by atoms with E-state index >= 15 is 0 Å². The average molecular weight is 310 g/mol.